The molecule has 1 amide bonds. The number of hydrogen-bond donors (Lipinski definition) is 1. The summed E-state index contributed by atoms with van der Waals surface area (Å²) in [5, 5.41) is 12.7. The minimum atomic E-state index is -0.415. The van der Waals surface area contributed by atoms with Gasteiger partial charge in [-0.1, -0.05) is 59.2 Å². The van der Waals surface area contributed by atoms with E-state index < -0.39 is 5.25 Å². The van der Waals surface area contributed by atoms with Crippen LogP contribution in [0.3, 0.4) is 0 Å². The fraction of sp³-hybridized carbons (Fsp3) is 0.318. The van der Waals surface area contributed by atoms with Gasteiger partial charge in [-0.15, -0.1) is 10.2 Å². The van der Waals surface area contributed by atoms with Crippen molar-refractivity contribution in [1.82, 2.24) is 19.7 Å². The molecule has 1 N–H and O–H groups in total. The minimum Gasteiger partial charge on any atom is -0.324 e. The SMILES string of the molecule is CC(Sc1nnc(CN2CCCC2)n1-c1ccccc1)C(=O)Nc1cccc(Cl)c1Cl. The van der Waals surface area contributed by atoms with Gasteiger partial charge in [0, 0.05) is 5.69 Å². The fourth-order valence-electron chi connectivity index (χ4n) is 3.50. The third kappa shape index (κ3) is 5.23. The first-order valence-electron chi connectivity index (χ1n) is 10.2. The van der Waals surface area contributed by atoms with Gasteiger partial charge < -0.3 is 5.32 Å². The lowest BCUT2D eigenvalue weighted by molar-refractivity contribution is -0.115. The average Bonchev–Trinajstić information content (AvgIpc) is 3.42. The number of rotatable bonds is 7. The number of likely N-dealkylation sites (tertiary alicyclic amines) is 1. The quantitative estimate of drug-likeness (QED) is 0.470. The van der Waals surface area contributed by atoms with Gasteiger partial charge in [0.25, 0.3) is 0 Å². The van der Waals surface area contributed by atoms with Gasteiger partial charge in [-0.25, -0.2) is 0 Å². The van der Waals surface area contributed by atoms with E-state index in [0.717, 1.165) is 31.1 Å². The summed E-state index contributed by atoms with van der Waals surface area (Å²) in [7, 11) is 0. The number of halogens is 2. The van der Waals surface area contributed by atoms with Gasteiger partial charge >= 0.3 is 0 Å². The van der Waals surface area contributed by atoms with Crippen LogP contribution in [0.15, 0.2) is 53.7 Å². The van der Waals surface area contributed by atoms with Crippen molar-refractivity contribution in [2.45, 2.75) is 36.7 Å². The Morgan fingerprint density at radius 2 is 1.84 bits per heavy atom. The lowest BCUT2D eigenvalue weighted by Gasteiger charge is -2.17. The van der Waals surface area contributed by atoms with Crippen LogP contribution >= 0.6 is 35.0 Å². The van der Waals surface area contributed by atoms with Crippen LogP contribution < -0.4 is 5.32 Å². The Bertz CT molecular complexity index is 1050. The third-order valence-electron chi connectivity index (χ3n) is 5.14. The highest BCUT2D eigenvalue weighted by atomic mass is 35.5. The predicted octanol–water partition coefficient (Wildman–Crippen LogP) is 5.29. The molecule has 0 saturated carbocycles. The van der Waals surface area contributed by atoms with Crippen LogP contribution in [-0.2, 0) is 11.3 Å². The number of nitrogens with one attached hydrogen (secondary N) is 1. The van der Waals surface area contributed by atoms with Gasteiger partial charge in [0.05, 0.1) is 27.5 Å². The molecule has 2 aromatic carbocycles. The fourth-order valence-corrected chi connectivity index (χ4v) is 4.74. The van der Waals surface area contributed by atoms with Gasteiger partial charge in [-0.05, 0) is 57.1 Å². The molecular weight excluding hydrogens is 453 g/mol. The van der Waals surface area contributed by atoms with E-state index in [1.807, 2.05) is 41.8 Å². The summed E-state index contributed by atoms with van der Waals surface area (Å²) in [4.78, 5) is 15.2. The first-order chi connectivity index (χ1) is 15.0. The maximum atomic E-state index is 12.8. The molecule has 0 aliphatic carbocycles. The molecule has 1 unspecified atom stereocenters. The van der Waals surface area contributed by atoms with Crippen molar-refractivity contribution in [3.63, 3.8) is 0 Å². The number of amides is 1. The highest BCUT2D eigenvalue weighted by Crippen LogP contribution is 2.31. The lowest BCUT2D eigenvalue weighted by Crippen LogP contribution is -2.23. The Kier molecular flexibility index (Phi) is 7.17. The maximum Gasteiger partial charge on any atom is 0.237 e. The number of nitrogens with zero attached hydrogens (tertiary/aromatic N) is 4. The van der Waals surface area contributed by atoms with E-state index in [4.69, 9.17) is 23.2 Å². The molecule has 0 radical (unpaired) electrons. The summed E-state index contributed by atoms with van der Waals surface area (Å²) in [5.41, 5.74) is 1.47. The molecule has 0 spiro atoms. The number of aromatic nitrogens is 3. The first-order valence-corrected chi connectivity index (χ1v) is 11.8. The second-order valence-corrected chi connectivity index (χ2v) is 9.50. The molecule has 9 heteroatoms. The molecule has 3 aromatic rings. The summed E-state index contributed by atoms with van der Waals surface area (Å²) >= 11 is 13.6. The standard InChI is InChI=1S/C22H23Cl2N5OS/c1-15(21(30)25-18-11-7-10-17(23)20(18)24)31-22-27-26-19(14-28-12-5-6-13-28)29(22)16-8-3-2-4-9-16/h2-4,7-11,15H,5-6,12-14H2,1H3,(H,25,30). The van der Waals surface area contributed by atoms with E-state index in [2.05, 4.69) is 20.4 Å². The highest BCUT2D eigenvalue weighted by Gasteiger charge is 2.23. The van der Waals surface area contributed by atoms with Crippen LogP contribution in [0.25, 0.3) is 5.69 Å². The molecule has 6 nitrogen and oxygen atoms in total. The first kappa shape index (κ1) is 22.1. The molecule has 0 bridgehead atoms. The van der Waals surface area contributed by atoms with Crippen molar-refractivity contribution in [3.8, 4) is 5.69 Å². The zero-order valence-electron chi connectivity index (χ0n) is 17.1. The van der Waals surface area contributed by atoms with E-state index in [9.17, 15) is 4.79 Å². The molecule has 1 aliphatic rings. The van der Waals surface area contributed by atoms with Crippen LogP contribution in [0.2, 0.25) is 10.0 Å². The van der Waals surface area contributed by atoms with Crippen molar-refractivity contribution in [2.75, 3.05) is 18.4 Å². The number of hydrogen-bond acceptors (Lipinski definition) is 5. The van der Waals surface area contributed by atoms with E-state index >= 15 is 0 Å². The van der Waals surface area contributed by atoms with E-state index in [-0.39, 0.29) is 5.91 Å². The van der Waals surface area contributed by atoms with Gasteiger partial charge in [0.1, 0.15) is 0 Å². The summed E-state index contributed by atoms with van der Waals surface area (Å²) in [6.07, 6.45) is 2.43. The van der Waals surface area contributed by atoms with E-state index in [1.54, 1.807) is 18.2 Å². The molecule has 1 fully saturated rings. The lowest BCUT2D eigenvalue weighted by atomic mass is 10.3. The normalized spacial score (nSPS) is 15.2. The number of para-hydroxylation sites is 1. The second kappa shape index (κ2) is 10.0. The number of anilines is 1. The number of benzene rings is 2. The largest absolute Gasteiger partial charge is 0.324 e. The highest BCUT2D eigenvalue weighted by molar-refractivity contribution is 8.00. The Morgan fingerprint density at radius 3 is 2.58 bits per heavy atom. The molecular formula is C22H23Cl2N5OS. The zero-order valence-corrected chi connectivity index (χ0v) is 19.4. The third-order valence-corrected chi connectivity index (χ3v) is 7.00. The van der Waals surface area contributed by atoms with Crippen molar-refractivity contribution in [2.24, 2.45) is 0 Å². The molecule has 4 rings (SSSR count). The van der Waals surface area contributed by atoms with Gasteiger partial charge in [0.15, 0.2) is 11.0 Å². The number of carbonyl (C=O) groups excluding carboxylic acids is 1. The van der Waals surface area contributed by atoms with Gasteiger partial charge in [-0.2, -0.15) is 0 Å². The average molecular weight is 476 g/mol. The number of thioether (sulfide) groups is 1. The van der Waals surface area contributed by atoms with Crippen molar-refractivity contribution in [1.29, 1.82) is 0 Å². The molecule has 162 valence electrons. The predicted molar refractivity (Wildman–Crippen MR) is 126 cm³/mol. The molecule has 1 saturated heterocycles. The van der Waals surface area contributed by atoms with Crippen LogP contribution in [0.5, 0.6) is 0 Å². The van der Waals surface area contributed by atoms with Crippen molar-refractivity contribution in [3.05, 3.63) is 64.4 Å². The van der Waals surface area contributed by atoms with Crippen LogP contribution in [0.1, 0.15) is 25.6 Å². The van der Waals surface area contributed by atoms with Gasteiger partial charge in [-0.3, -0.25) is 14.3 Å². The molecule has 1 aliphatic heterocycles. The van der Waals surface area contributed by atoms with Crippen LogP contribution in [-0.4, -0.2) is 43.9 Å². The monoisotopic (exact) mass is 475 g/mol. The van der Waals surface area contributed by atoms with Crippen LogP contribution in [0, 0.1) is 0 Å². The molecule has 31 heavy (non-hydrogen) atoms. The topological polar surface area (TPSA) is 63.1 Å². The molecule has 2 heterocycles. The molecule has 1 atom stereocenters. The Balaban J connectivity index is 1.55. The zero-order chi connectivity index (χ0) is 21.8. The van der Waals surface area contributed by atoms with E-state index in [1.165, 1.54) is 24.6 Å². The van der Waals surface area contributed by atoms with Gasteiger partial charge in [0.2, 0.25) is 5.91 Å². The van der Waals surface area contributed by atoms with Crippen LogP contribution in [0.4, 0.5) is 5.69 Å². The minimum absolute atomic E-state index is 0.183. The number of carbonyl (C=O) groups is 1. The summed E-state index contributed by atoms with van der Waals surface area (Å²) in [6, 6.07) is 15.2. The maximum absolute atomic E-state index is 12.8. The van der Waals surface area contributed by atoms with Crippen molar-refractivity contribution < 1.29 is 4.79 Å². The smallest absolute Gasteiger partial charge is 0.237 e. The molecule has 1 aromatic heterocycles. The van der Waals surface area contributed by atoms with Crippen molar-refractivity contribution >= 4 is 46.6 Å². The summed E-state index contributed by atoms with van der Waals surface area (Å²) < 4.78 is 2.04. The Labute approximate surface area is 195 Å². The summed E-state index contributed by atoms with van der Waals surface area (Å²) in [5.74, 6) is 0.693. The summed E-state index contributed by atoms with van der Waals surface area (Å²) in [6.45, 7) is 4.72. The Morgan fingerprint density at radius 1 is 1.10 bits per heavy atom. The second-order valence-electron chi connectivity index (χ2n) is 7.40. The Hall–Kier alpha value is -2.06. The van der Waals surface area contributed by atoms with E-state index in [0.29, 0.717) is 20.9 Å².